The van der Waals surface area contributed by atoms with Crippen molar-refractivity contribution in [1.82, 2.24) is 0 Å². The Morgan fingerprint density at radius 2 is 1.11 bits per heavy atom. The number of fused-ring (bicyclic) bond motifs is 2. The van der Waals surface area contributed by atoms with Crippen LogP contribution < -0.4 is 0 Å². The highest BCUT2D eigenvalue weighted by Crippen LogP contribution is 2.57. The van der Waals surface area contributed by atoms with Crippen LogP contribution >= 0.6 is 0 Å². The van der Waals surface area contributed by atoms with Crippen LogP contribution in [0.25, 0.3) is 0 Å². The van der Waals surface area contributed by atoms with Crippen molar-refractivity contribution in [2.75, 3.05) is 0 Å². The summed E-state index contributed by atoms with van der Waals surface area (Å²) in [6.45, 7) is 2.85. The predicted molar refractivity (Wildman–Crippen MR) is 87.7 cm³/mol. The maximum atomic E-state index is 13.9. The Morgan fingerprint density at radius 3 is 1.45 bits per heavy atom. The quantitative estimate of drug-likeness (QED) is 0.172. The Balaban J connectivity index is 2.63. The van der Waals surface area contributed by atoms with Gasteiger partial charge in [0.05, 0.1) is 0 Å². The SMILES string of the molecule is C=CC(=O)OC1C2CCC(C2)C1(OC(=O)C(F)(F)C(F)(F)C(F)(F)F)OC(=O)C(F)(F)C(F)(F)C(F)(F)F. The third-order valence-electron chi connectivity index (χ3n) is 5.79. The molecule has 2 saturated carbocycles. The Bertz CT molecular complexity index is 933. The van der Waals surface area contributed by atoms with Gasteiger partial charge in [0.25, 0.3) is 5.79 Å². The second-order valence-corrected chi connectivity index (χ2v) is 8.13. The minimum absolute atomic E-state index is 0.221. The maximum absolute atomic E-state index is 13.9. The average molecular weight is 590 g/mol. The third-order valence-corrected chi connectivity index (χ3v) is 5.79. The van der Waals surface area contributed by atoms with Crippen LogP contribution in [0.15, 0.2) is 12.7 Å². The van der Waals surface area contributed by atoms with Gasteiger partial charge in [0.2, 0.25) is 0 Å². The average Bonchev–Trinajstić information content (AvgIpc) is 3.33. The first-order valence-electron chi connectivity index (χ1n) is 9.76. The molecular weight excluding hydrogens is 578 g/mol. The Hall–Kier alpha value is -2.83. The topological polar surface area (TPSA) is 78.9 Å². The summed E-state index contributed by atoms with van der Waals surface area (Å²) in [5, 5.41) is 0. The maximum Gasteiger partial charge on any atom is 0.460 e. The molecule has 38 heavy (non-hydrogen) atoms. The van der Waals surface area contributed by atoms with Crippen molar-refractivity contribution in [3.8, 4) is 0 Å². The van der Waals surface area contributed by atoms with E-state index in [1.165, 1.54) is 0 Å². The van der Waals surface area contributed by atoms with Gasteiger partial charge in [0.1, 0.15) is 0 Å². The van der Waals surface area contributed by atoms with Crippen molar-refractivity contribution in [3.05, 3.63) is 12.7 Å². The fraction of sp³-hybridized carbons (Fsp3) is 0.722. The van der Waals surface area contributed by atoms with Crippen LogP contribution in [0.2, 0.25) is 0 Å². The number of halogens is 14. The zero-order valence-corrected chi connectivity index (χ0v) is 17.9. The molecule has 0 heterocycles. The highest BCUT2D eigenvalue weighted by molar-refractivity contribution is 5.83. The number of carbonyl (C=O) groups excluding carboxylic acids is 3. The van der Waals surface area contributed by atoms with Gasteiger partial charge in [0, 0.05) is 17.9 Å². The van der Waals surface area contributed by atoms with Gasteiger partial charge >= 0.3 is 54.0 Å². The van der Waals surface area contributed by atoms with Crippen LogP contribution in [0.3, 0.4) is 0 Å². The molecule has 0 spiro atoms. The van der Waals surface area contributed by atoms with Crippen molar-refractivity contribution < 1.29 is 90.1 Å². The van der Waals surface area contributed by atoms with Gasteiger partial charge < -0.3 is 14.2 Å². The van der Waals surface area contributed by atoms with Crippen molar-refractivity contribution >= 4 is 17.9 Å². The van der Waals surface area contributed by atoms with E-state index in [2.05, 4.69) is 20.8 Å². The van der Waals surface area contributed by atoms with Gasteiger partial charge in [-0.2, -0.15) is 61.5 Å². The fourth-order valence-electron chi connectivity index (χ4n) is 3.90. The van der Waals surface area contributed by atoms with E-state index < -0.39 is 90.5 Å². The van der Waals surface area contributed by atoms with E-state index in [9.17, 15) is 75.8 Å². The van der Waals surface area contributed by atoms with Crippen LogP contribution in [0.4, 0.5) is 61.5 Å². The zero-order valence-electron chi connectivity index (χ0n) is 17.9. The van der Waals surface area contributed by atoms with E-state index in [4.69, 9.17) is 0 Å². The third kappa shape index (κ3) is 4.62. The molecule has 0 aromatic heterocycles. The van der Waals surface area contributed by atoms with Gasteiger partial charge in [-0.05, 0) is 19.3 Å². The summed E-state index contributed by atoms with van der Waals surface area (Å²) < 4.78 is 196. The van der Waals surface area contributed by atoms with Gasteiger partial charge in [-0.25, -0.2) is 14.4 Å². The van der Waals surface area contributed by atoms with Crippen LogP contribution in [0.1, 0.15) is 19.3 Å². The molecule has 3 atom stereocenters. The highest BCUT2D eigenvalue weighted by Gasteiger charge is 2.81. The van der Waals surface area contributed by atoms with Gasteiger partial charge in [-0.1, -0.05) is 6.58 Å². The molecule has 2 aliphatic rings. The van der Waals surface area contributed by atoms with Crippen LogP contribution in [0, 0.1) is 11.8 Å². The number of esters is 3. The summed E-state index contributed by atoms with van der Waals surface area (Å²) >= 11 is 0. The largest absolute Gasteiger partial charge is 0.460 e. The Kier molecular flexibility index (Phi) is 7.54. The molecule has 218 valence electrons. The van der Waals surface area contributed by atoms with Crippen molar-refractivity contribution in [3.63, 3.8) is 0 Å². The molecule has 0 N–H and O–H groups in total. The zero-order chi connectivity index (χ0) is 29.9. The standard InChI is InChI=1S/C18H12F14O6/c1-2-8(33)36-9-6-3-4-7(5-6)12(9,37-10(34)13(19,20)15(23,24)17(27,28)29)38-11(35)14(21,22)16(25,26)18(30,31)32/h2,6-7,9H,1,3-5H2. The molecule has 0 aromatic rings. The van der Waals surface area contributed by atoms with Crippen molar-refractivity contribution in [2.24, 2.45) is 11.8 Å². The molecule has 0 saturated heterocycles. The second kappa shape index (κ2) is 9.13. The van der Waals surface area contributed by atoms with E-state index in [0.29, 0.717) is 0 Å². The molecular formula is C18H12F14O6. The molecule has 2 fully saturated rings. The number of hydrogen-bond donors (Lipinski definition) is 0. The van der Waals surface area contributed by atoms with Gasteiger partial charge in [0.15, 0.2) is 6.10 Å². The molecule has 2 bridgehead atoms. The summed E-state index contributed by atoms with van der Waals surface area (Å²) in [5.41, 5.74) is 0. The normalized spacial score (nSPS) is 24.1. The molecule has 2 rings (SSSR count). The van der Waals surface area contributed by atoms with Gasteiger partial charge in [-0.15, -0.1) is 0 Å². The fourth-order valence-corrected chi connectivity index (χ4v) is 3.90. The van der Waals surface area contributed by atoms with Crippen LogP contribution in [0.5, 0.6) is 0 Å². The number of rotatable bonds is 8. The van der Waals surface area contributed by atoms with E-state index in [-0.39, 0.29) is 12.5 Å². The predicted octanol–water partition coefficient (Wildman–Crippen LogP) is 4.96. The summed E-state index contributed by atoms with van der Waals surface area (Å²) in [5.74, 6) is -45.2. The van der Waals surface area contributed by atoms with Crippen molar-refractivity contribution in [2.45, 2.75) is 67.2 Å². The molecule has 3 unspecified atom stereocenters. The summed E-state index contributed by atoms with van der Waals surface area (Å²) in [6.07, 6.45) is -18.1. The van der Waals surface area contributed by atoms with E-state index in [1.807, 2.05) is 0 Å². The Labute approximate surface area is 200 Å². The monoisotopic (exact) mass is 590 g/mol. The minimum atomic E-state index is -7.22. The number of alkyl halides is 14. The lowest BCUT2D eigenvalue weighted by atomic mass is 9.90. The summed E-state index contributed by atoms with van der Waals surface area (Å²) in [7, 11) is 0. The molecule has 0 aliphatic heterocycles. The van der Waals surface area contributed by atoms with Crippen LogP contribution in [-0.4, -0.2) is 65.8 Å². The summed E-state index contributed by atoms with van der Waals surface area (Å²) in [4.78, 5) is 35.4. The molecule has 0 radical (unpaired) electrons. The lowest BCUT2D eigenvalue weighted by molar-refractivity contribution is -0.366. The van der Waals surface area contributed by atoms with Crippen LogP contribution in [-0.2, 0) is 28.6 Å². The molecule has 2 aliphatic carbocycles. The first kappa shape index (κ1) is 31.4. The van der Waals surface area contributed by atoms with E-state index >= 15 is 0 Å². The summed E-state index contributed by atoms with van der Waals surface area (Å²) in [6, 6.07) is 0. The second-order valence-electron chi connectivity index (χ2n) is 8.13. The lowest BCUT2D eigenvalue weighted by Gasteiger charge is -2.42. The first-order chi connectivity index (χ1) is 16.8. The highest BCUT2D eigenvalue weighted by atomic mass is 19.4. The number of hydrogen-bond acceptors (Lipinski definition) is 6. The van der Waals surface area contributed by atoms with E-state index in [0.717, 1.165) is 0 Å². The smallest absolute Gasteiger partial charge is 0.451 e. The molecule has 20 heteroatoms. The molecule has 0 amide bonds. The van der Waals surface area contributed by atoms with Crippen molar-refractivity contribution in [1.29, 1.82) is 0 Å². The Morgan fingerprint density at radius 1 is 0.711 bits per heavy atom. The lowest BCUT2D eigenvalue weighted by Crippen LogP contribution is -2.64. The number of ether oxygens (including phenoxy) is 3. The first-order valence-corrected chi connectivity index (χ1v) is 9.76. The minimum Gasteiger partial charge on any atom is -0.451 e. The number of carbonyl (C=O) groups is 3. The molecule has 6 nitrogen and oxygen atoms in total. The molecule has 0 aromatic carbocycles. The van der Waals surface area contributed by atoms with E-state index in [1.54, 1.807) is 0 Å². The van der Waals surface area contributed by atoms with Gasteiger partial charge in [-0.3, -0.25) is 0 Å².